The van der Waals surface area contributed by atoms with E-state index in [-0.39, 0.29) is 24.1 Å². The largest absolute Gasteiger partial charge is 0.378 e. The van der Waals surface area contributed by atoms with E-state index in [9.17, 15) is 9.59 Å². The van der Waals surface area contributed by atoms with Crippen molar-refractivity contribution in [3.63, 3.8) is 0 Å². The number of hydrogen-bond acceptors (Lipinski definition) is 3. The van der Waals surface area contributed by atoms with E-state index in [1.54, 1.807) is 0 Å². The molecule has 0 amide bonds. The molecular weight excluding hydrogens is 144 g/mol. The van der Waals surface area contributed by atoms with Gasteiger partial charge in [-0.05, 0) is 13.3 Å². The van der Waals surface area contributed by atoms with Crippen LogP contribution in [-0.4, -0.2) is 24.3 Å². The molecule has 0 bridgehead atoms. The fraction of sp³-hybridized carbons (Fsp3) is 0.750. The lowest BCUT2D eigenvalue weighted by Crippen LogP contribution is -2.29. The van der Waals surface area contributed by atoms with Crippen LogP contribution in [0.25, 0.3) is 0 Å². The molecule has 0 aliphatic heterocycles. The third-order valence-electron chi connectivity index (χ3n) is 1.82. The molecule has 1 saturated carbocycles. The van der Waals surface area contributed by atoms with E-state index in [4.69, 9.17) is 4.74 Å². The van der Waals surface area contributed by atoms with Gasteiger partial charge in [-0.3, -0.25) is 9.59 Å². The summed E-state index contributed by atoms with van der Waals surface area (Å²) in [5.74, 6) is -0.504. The normalized spacial score (nSPS) is 25.7. The van der Waals surface area contributed by atoms with Gasteiger partial charge < -0.3 is 4.74 Å². The molecule has 0 aromatic heterocycles. The molecule has 1 fully saturated rings. The molecule has 1 aliphatic rings. The van der Waals surface area contributed by atoms with Crippen LogP contribution in [0.15, 0.2) is 0 Å². The van der Waals surface area contributed by atoms with Crippen molar-refractivity contribution in [3.05, 3.63) is 0 Å². The first-order valence-corrected chi connectivity index (χ1v) is 3.91. The van der Waals surface area contributed by atoms with Gasteiger partial charge in [0.05, 0.1) is 6.10 Å². The average molecular weight is 156 g/mol. The van der Waals surface area contributed by atoms with Crippen molar-refractivity contribution < 1.29 is 14.3 Å². The molecule has 0 aromatic carbocycles. The van der Waals surface area contributed by atoms with Crippen molar-refractivity contribution in [2.24, 2.45) is 0 Å². The molecule has 1 unspecified atom stereocenters. The monoisotopic (exact) mass is 156 g/mol. The van der Waals surface area contributed by atoms with Gasteiger partial charge in [0.2, 0.25) is 5.78 Å². The van der Waals surface area contributed by atoms with E-state index in [1.807, 2.05) is 6.92 Å². The summed E-state index contributed by atoms with van der Waals surface area (Å²) < 4.78 is 5.23. The van der Waals surface area contributed by atoms with Gasteiger partial charge in [-0.2, -0.15) is 0 Å². The molecule has 1 aliphatic carbocycles. The summed E-state index contributed by atoms with van der Waals surface area (Å²) in [5, 5.41) is 0. The zero-order chi connectivity index (χ0) is 8.27. The van der Waals surface area contributed by atoms with Gasteiger partial charge in [0.1, 0.15) is 0 Å². The van der Waals surface area contributed by atoms with E-state index in [2.05, 4.69) is 0 Å². The summed E-state index contributed by atoms with van der Waals surface area (Å²) in [5.41, 5.74) is 0. The van der Waals surface area contributed by atoms with E-state index in [0.29, 0.717) is 19.4 Å². The van der Waals surface area contributed by atoms with Gasteiger partial charge in [0.15, 0.2) is 5.78 Å². The topological polar surface area (TPSA) is 43.4 Å². The van der Waals surface area contributed by atoms with Crippen LogP contribution in [0.1, 0.15) is 26.2 Å². The molecule has 62 valence electrons. The molecule has 0 aromatic rings. The summed E-state index contributed by atoms with van der Waals surface area (Å²) in [7, 11) is 0. The van der Waals surface area contributed by atoms with Gasteiger partial charge >= 0.3 is 0 Å². The van der Waals surface area contributed by atoms with E-state index < -0.39 is 0 Å². The van der Waals surface area contributed by atoms with Crippen LogP contribution in [0.3, 0.4) is 0 Å². The molecule has 0 radical (unpaired) electrons. The molecule has 3 nitrogen and oxygen atoms in total. The predicted octanol–water partition coefficient (Wildman–Crippen LogP) is 0.714. The number of rotatable bonds is 2. The Kier molecular flexibility index (Phi) is 2.76. The Labute approximate surface area is 65.7 Å². The Bertz CT molecular complexity index is 174. The highest BCUT2D eigenvalue weighted by Gasteiger charge is 2.26. The van der Waals surface area contributed by atoms with Crippen LogP contribution >= 0.6 is 0 Å². The molecule has 0 heterocycles. The number of Topliss-reactive ketones (excluding diaryl/α,β-unsaturated/α-hetero) is 2. The van der Waals surface area contributed by atoms with Gasteiger partial charge in [0, 0.05) is 19.4 Å². The maximum absolute atomic E-state index is 10.8. The first-order valence-electron chi connectivity index (χ1n) is 3.91. The number of hydrogen-bond donors (Lipinski definition) is 0. The molecule has 1 rings (SSSR count). The van der Waals surface area contributed by atoms with Crippen LogP contribution in [0, 0.1) is 0 Å². The van der Waals surface area contributed by atoms with Crippen LogP contribution in [-0.2, 0) is 14.3 Å². The lowest BCUT2D eigenvalue weighted by atomic mass is 9.95. The lowest BCUT2D eigenvalue weighted by molar-refractivity contribution is -0.141. The van der Waals surface area contributed by atoms with Crippen LogP contribution < -0.4 is 0 Å². The third-order valence-corrected chi connectivity index (χ3v) is 1.82. The Balaban J connectivity index is 2.40. The van der Waals surface area contributed by atoms with Crippen molar-refractivity contribution in [2.75, 3.05) is 6.61 Å². The smallest absolute Gasteiger partial charge is 0.200 e. The minimum atomic E-state index is -0.269. The fourth-order valence-corrected chi connectivity index (χ4v) is 1.23. The second-order valence-corrected chi connectivity index (χ2v) is 2.67. The van der Waals surface area contributed by atoms with Crippen LogP contribution in [0.4, 0.5) is 0 Å². The predicted molar refractivity (Wildman–Crippen MR) is 39.3 cm³/mol. The second kappa shape index (κ2) is 3.62. The quantitative estimate of drug-likeness (QED) is 0.553. The molecule has 0 saturated heterocycles. The summed E-state index contributed by atoms with van der Waals surface area (Å²) in [4.78, 5) is 21.6. The number of ether oxygens (including phenoxy) is 1. The molecule has 11 heavy (non-hydrogen) atoms. The summed E-state index contributed by atoms with van der Waals surface area (Å²) in [6.45, 7) is 2.51. The number of ketones is 2. The summed E-state index contributed by atoms with van der Waals surface area (Å²) in [6, 6.07) is 0. The second-order valence-electron chi connectivity index (χ2n) is 2.67. The molecular formula is C8H12O3. The SMILES string of the molecule is CCOC1CCC(=O)C(=O)C1. The Morgan fingerprint density at radius 2 is 2.18 bits per heavy atom. The van der Waals surface area contributed by atoms with Gasteiger partial charge in [0.25, 0.3) is 0 Å². The van der Waals surface area contributed by atoms with Crippen molar-refractivity contribution in [1.29, 1.82) is 0 Å². The third kappa shape index (κ3) is 2.12. The lowest BCUT2D eigenvalue weighted by Gasteiger charge is -2.19. The van der Waals surface area contributed by atoms with Crippen molar-refractivity contribution >= 4 is 11.6 Å². The molecule has 0 N–H and O–H groups in total. The molecule has 3 heteroatoms. The zero-order valence-electron chi connectivity index (χ0n) is 6.63. The van der Waals surface area contributed by atoms with Gasteiger partial charge in [-0.25, -0.2) is 0 Å². The standard InChI is InChI=1S/C8H12O3/c1-2-11-6-3-4-7(9)8(10)5-6/h6H,2-5H2,1H3. The average Bonchev–Trinajstić information content (AvgIpc) is 1.98. The number of carbonyl (C=O) groups is 2. The summed E-state index contributed by atoms with van der Waals surface area (Å²) >= 11 is 0. The molecule has 0 spiro atoms. The highest BCUT2D eigenvalue weighted by atomic mass is 16.5. The zero-order valence-corrected chi connectivity index (χ0v) is 6.63. The van der Waals surface area contributed by atoms with E-state index in [1.165, 1.54) is 0 Å². The first kappa shape index (κ1) is 8.40. The Morgan fingerprint density at radius 3 is 2.73 bits per heavy atom. The maximum Gasteiger partial charge on any atom is 0.200 e. The van der Waals surface area contributed by atoms with E-state index in [0.717, 1.165) is 0 Å². The highest BCUT2D eigenvalue weighted by molar-refractivity contribution is 6.37. The first-order chi connectivity index (χ1) is 5.24. The minimum absolute atomic E-state index is 0.00907. The summed E-state index contributed by atoms with van der Waals surface area (Å²) in [6.07, 6.45) is 1.35. The Morgan fingerprint density at radius 1 is 1.45 bits per heavy atom. The van der Waals surface area contributed by atoms with Crippen molar-refractivity contribution in [2.45, 2.75) is 32.3 Å². The van der Waals surface area contributed by atoms with Crippen LogP contribution in [0.5, 0.6) is 0 Å². The van der Waals surface area contributed by atoms with Crippen molar-refractivity contribution in [3.8, 4) is 0 Å². The highest BCUT2D eigenvalue weighted by Crippen LogP contribution is 2.14. The van der Waals surface area contributed by atoms with E-state index >= 15 is 0 Å². The minimum Gasteiger partial charge on any atom is -0.378 e. The van der Waals surface area contributed by atoms with Gasteiger partial charge in [-0.1, -0.05) is 0 Å². The maximum atomic E-state index is 10.8. The van der Waals surface area contributed by atoms with Crippen LogP contribution in [0.2, 0.25) is 0 Å². The van der Waals surface area contributed by atoms with Gasteiger partial charge in [-0.15, -0.1) is 0 Å². The molecule has 1 atom stereocenters. The Hall–Kier alpha value is -0.700. The fourth-order valence-electron chi connectivity index (χ4n) is 1.23. The van der Waals surface area contributed by atoms with Crippen molar-refractivity contribution in [1.82, 2.24) is 0 Å². The number of carbonyl (C=O) groups excluding carboxylic acids is 2.